The standard InChI is InChI=1S/C17H20N4O2/c1-2-15(12-22)21(10-13-5-4-8-18-9-13)11-14-6-3-7-16-17(14)20-23-19-16/h3-9,15,22H,2,10-12H2,1H3. The van der Waals surface area contributed by atoms with Gasteiger partial charge in [-0.15, -0.1) is 0 Å². The maximum atomic E-state index is 9.72. The van der Waals surface area contributed by atoms with Crippen LogP contribution in [-0.4, -0.2) is 38.0 Å². The van der Waals surface area contributed by atoms with Gasteiger partial charge in [-0.1, -0.05) is 25.1 Å². The molecule has 0 saturated carbocycles. The molecule has 3 aromatic rings. The normalized spacial score (nSPS) is 12.8. The van der Waals surface area contributed by atoms with Gasteiger partial charge in [-0.3, -0.25) is 9.88 Å². The number of hydrogen-bond donors (Lipinski definition) is 1. The lowest BCUT2D eigenvalue weighted by Gasteiger charge is -2.29. The molecule has 0 aliphatic rings. The van der Waals surface area contributed by atoms with Gasteiger partial charge in [-0.05, 0) is 40.0 Å². The van der Waals surface area contributed by atoms with E-state index in [-0.39, 0.29) is 12.6 Å². The number of rotatable bonds is 7. The summed E-state index contributed by atoms with van der Waals surface area (Å²) in [6, 6.07) is 9.89. The van der Waals surface area contributed by atoms with Gasteiger partial charge in [0.15, 0.2) is 0 Å². The molecular weight excluding hydrogens is 292 g/mol. The molecule has 0 saturated heterocycles. The molecule has 2 heterocycles. The summed E-state index contributed by atoms with van der Waals surface area (Å²) in [6.45, 7) is 3.58. The minimum absolute atomic E-state index is 0.0744. The first-order chi connectivity index (χ1) is 11.3. The minimum Gasteiger partial charge on any atom is -0.395 e. The largest absolute Gasteiger partial charge is 0.395 e. The lowest BCUT2D eigenvalue weighted by atomic mass is 10.1. The van der Waals surface area contributed by atoms with Crippen molar-refractivity contribution in [2.45, 2.75) is 32.5 Å². The van der Waals surface area contributed by atoms with Crippen molar-refractivity contribution in [1.82, 2.24) is 20.2 Å². The van der Waals surface area contributed by atoms with Gasteiger partial charge in [-0.2, -0.15) is 0 Å². The van der Waals surface area contributed by atoms with Crippen LogP contribution < -0.4 is 0 Å². The Kier molecular flexibility index (Phi) is 4.95. The highest BCUT2D eigenvalue weighted by molar-refractivity contribution is 5.76. The van der Waals surface area contributed by atoms with Crippen molar-refractivity contribution in [1.29, 1.82) is 0 Å². The molecule has 1 N–H and O–H groups in total. The molecule has 23 heavy (non-hydrogen) atoms. The van der Waals surface area contributed by atoms with E-state index in [1.807, 2.05) is 36.5 Å². The molecule has 6 heteroatoms. The molecule has 6 nitrogen and oxygen atoms in total. The maximum Gasteiger partial charge on any atom is 0.139 e. The van der Waals surface area contributed by atoms with Crippen LogP contribution in [0.4, 0.5) is 0 Å². The fourth-order valence-electron chi connectivity index (χ4n) is 2.75. The highest BCUT2D eigenvalue weighted by Gasteiger charge is 2.19. The Balaban J connectivity index is 1.87. The summed E-state index contributed by atoms with van der Waals surface area (Å²) in [6.07, 6.45) is 4.48. The summed E-state index contributed by atoms with van der Waals surface area (Å²) in [7, 11) is 0. The number of aliphatic hydroxyl groups excluding tert-OH is 1. The predicted octanol–water partition coefficient (Wildman–Crippen LogP) is 2.39. The van der Waals surface area contributed by atoms with E-state index in [1.165, 1.54) is 0 Å². The molecular formula is C17H20N4O2. The first-order valence-electron chi connectivity index (χ1n) is 7.75. The van der Waals surface area contributed by atoms with E-state index in [0.717, 1.165) is 28.6 Å². The van der Waals surface area contributed by atoms with E-state index in [1.54, 1.807) is 6.20 Å². The summed E-state index contributed by atoms with van der Waals surface area (Å²) < 4.78 is 4.84. The zero-order chi connectivity index (χ0) is 16.1. The van der Waals surface area contributed by atoms with Gasteiger partial charge in [-0.25, -0.2) is 4.63 Å². The smallest absolute Gasteiger partial charge is 0.139 e. The van der Waals surface area contributed by atoms with Gasteiger partial charge in [0.25, 0.3) is 0 Å². The van der Waals surface area contributed by atoms with Crippen LogP contribution >= 0.6 is 0 Å². The van der Waals surface area contributed by atoms with Crippen molar-refractivity contribution in [2.75, 3.05) is 6.61 Å². The van der Waals surface area contributed by atoms with Crippen molar-refractivity contribution >= 4 is 11.0 Å². The molecule has 2 aromatic heterocycles. The van der Waals surface area contributed by atoms with Crippen molar-refractivity contribution in [3.63, 3.8) is 0 Å². The number of benzene rings is 1. The Bertz CT molecular complexity index is 740. The molecule has 120 valence electrons. The van der Waals surface area contributed by atoms with Gasteiger partial charge in [0, 0.05) is 31.5 Å². The zero-order valence-electron chi connectivity index (χ0n) is 13.1. The topological polar surface area (TPSA) is 75.3 Å². The van der Waals surface area contributed by atoms with Crippen molar-refractivity contribution in [2.24, 2.45) is 0 Å². The van der Waals surface area contributed by atoms with Crippen LogP contribution in [0.2, 0.25) is 0 Å². The van der Waals surface area contributed by atoms with Gasteiger partial charge < -0.3 is 5.11 Å². The molecule has 0 aliphatic heterocycles. The second-order valence-corrected chi connectivity index (χ2v) is 5.56. The summed E-state index contributed by atoms with van der Waals surface area (Å²) in [5.74, 6) is 0. The van der Waals surface area contributed by atoms with Crippen LogP contribution in [0.3, 0.4) is 0 Å². The second kappa shape index (κ2) is 7.30. The highest BCUT2D eigenvalue weighted by Crippen LogP contribution is 2.20. The molecule has 0 amide bonds. The SMILES string of the molecule is CCC(CO)N(Cc1cccnc1)Cc1cccc2nonc12. The Labute approximate surface area is 134 Å². The van der Waals surface area contributed by atoms with Crippen LogP contribution in [0.1, 0.15) is 24.5 Å². The van der Waals surface area contributed by atoms with Gasteiger partial charge in [0.05, 0.1) is 6.61 Å². The van der Waals surface area contributed by atoms with Crippen LogP contribution in [0.25, 0.3) is 11.0 Å². The third-order valence-corrected chi connectivity index (χ3v) is 4.05. The zero-order valence-corrected chi connectivity index (χ0v) is 13.1. The van der Waals surface area contributed by atoms with Crippen LogP contribution in [0.5, 0.6) is 0 Å². The Hall–Kier alpha value is -2.31. The van der Waals surface area contributed by atoms with Gasteiger partial charge in [0.1, 0.15) is 11.0 Å². The molecule has 0 radical (unpaired) electrons. The van der Waals surface area contributed by atoms with Crippen molar-refractivity contribution in [3.8, 4) is 0 Å². The van der Waals surface area contributed by atoms with Crippen molar-refractivity contribution < 1.29 is 9.74 Å². The first kappa shape index (κ1) is 15.6. The molecule has 0 bridgehead atoms. The number of hydrogen-bond acceptors (Lipinski definition) is 6. The molecule has 3 rings (SSSR count). The first-order valence-corrected chi connectivity index (χ1v) is 7.75. The summed E-state index contributed by atoms with van der Waals surface area (Å²) in [4.78, 5) is 6.41. The predicted molar refractivity (Wildman–Crippen MR) is 86.5 cm³/mol. The number of aliphatic hydroxyl groups is 1. The molecule has 0 fully saturated rings. The lowest BCUT2D eigenvalue weighted by Crippen LogP contribution is -2.36. The van der Waals surface area contributed by atoms with Gasteiger partial charge in [0.2, 0.25) is 0 Å². The monoisotopic (exact) mass is 312 g/mol. The Morgan fingerprint density at radius 1 is 1.17 bits per heavy atom. The third-order valence-electron chi connectivity index (χ3n) is 4.05. The Morgan fingerprint density at radius 3 is 2.83 bits per heavy atom. The average Bonchev–Trinajstić information content (AvgIpc) is 3.06. The molecule has 1 atom stereocenters. The molecule has 1 unspecified atom stereocenters. The van der Waals surface area contributed by atoms with E-state index in [0.29, 0.717) is 13.1 Å². The maximum absolute atomic E-state index is 9.72. The molecule has 0 spiro atoms. The highest BCUT2D eigenvalue weighted by atomic mass is 16.6. The van der Waals surface area contributed by atoms with Gasteiger partial charge >= 0.3 is 0 Å². The van der Waals surface area contributed by atoms with E-state index >= 15 is 0 Å². The van der Waals surface area contributed by atoms with E-state index in [9.17, 15) is 5.11 Å². The Morgan fingerprint density at radius 2 is 2.09 bits per heavy atom. The number of fused-ring (bicyclic) bond motifs is 1. The summed E-state index contributed by atoms with van der Waals surface area (Å²) >= 11 is 0. The second-order valence-electron chi connectivity index (χ2n) is 5.56. The fourth-order valence-corrected chi connectivity index (χ4v) is 2.75. The number of nitrogens with zero attached hydrogens (tertiary/aromatic N) is 4. The van der Waals surface area contributed by atoms with E-state index < -0.39 is 0 Å². The van der Waals surface area contributed by atoms with E-state index in [4.69, 9.17) is 4.63 Å². The number of pyridine rings is 1. The number of aromatic nitrogens is 3. The minimum atomic E-state index is 0.0744. The summed E-state index contributed by atoms with van der Waals surface area (Å²) in [5.41, 5.74) is 3.68. The third kappa shape index (κ3) is 3.55. The lowest BCUT2D eigenvalue weighted by molar-refractivity contribution is 0.107. The van der Waals surface area contributed by atoms with E-state index in [2.05, 4.69) is 27.1 Å². The molecule has 0 aliphatic carbocycles. The van der Waals surface area contributed by atoms with Crippen molar-refractivity contribution in [3.05, 3.63) is 53.9 Å². The van der Waals surface area contributed by atoms with Crippen LogP contribution in [0, 0.1) is 0 Å². The summed E-state index contributed by atoms with van der Waals surface area (Å²) in [5, 5.41) is 17.6. The average molecular weight is 312 g/mol. The van der Waals surface area contributed by atoms with Crippen LogP contribution in [0.15, 0.2) is 47.4 Å². The fraction of sp³-hybridized carbons (Fsp3) is 0.353. The molecule has 1 aromatic carbocycles. The van der Waals surface area contributed by atoms with Crippen LogP contribution in [-0.2, 0) is 13.1 Å². The quantitative estimate of drug-likeness (QED) is 0.722.